The maximum Gasteiger partial charge on any atom is 0.128 e. The number of benzene rings is 1. The van der Waals surface area contributed by atoms with E-state index >= 15 is 0 Å². The number of hydrogen-bond donors (Lipinski definition) is 0. The highest BCUT2D eigenvalue weighted by molar-refractivity contribution is 6.34. The fourth-order valence-corrected chi connectivity index (χ4v) is 2.03. The fraction of sp³-hybridized carbons (Fsp3) is 0.400. The van der Waals surface area contributed by atoms with Crippen LogP contribution in [0.4, 0.5) is 0 Å². The minimum absolute atomic E-state index is 0.833. The molecule has 0 N–H and O–H groups in total. The molecule has 0 aliphatic rings. The summed E-state index contributed by atoms with van der Waals surface area (Å²) < 4.78 is 10.5. The highest BCUT2D eigenvalue weighted by atomic mass is 28.1. The molecule has 0 bridgehead atoms. The van der Waals surface area contributed by atoms with Crippen molar-refractivity contribution in [3.05, 3.63) is 17.2 Å². The standard InChI is InChI=1S/C10H13O2Si/c1-6-5-8(13)10(12-4)7(2)9(6)11-3/h5H,1-4H3. The minimum atomic E-state index is 0.833. The van der Waals surface area contributed by atoms with Gasteiger partial charge >= 0.3 is 0 Å². The molecule has 0 aliphatic heterocycles. The summed E-state index contributed by atoms with van der Waals surface area (Å²) in [6.07, 6.45) is 0. The van der Waals surface area contributed by atoms with Crippen molar-refractivity contribution in [2.24, 2.45) is 0 Å². The van der Waals surface area contributed by atoms with Crippen LogP contribution >= 0.6 is 0 Å². The summed E-state index contributed by atoms with van der Waals surface area (Å²) in [6, 6.07) is 1.99. The molecule has 3 radical (unpaired) electrons. The first-order chi connectivity index (χ1) is 6.11. The summed E-state index contributed by atoms with van der Waals surface area (Å²) in [5, 5.41) is 0.957. The van der Waals surface area contributed by atoms with Crippen molar-refractivity contribution < 1.29 is 9.47 Å². The molecule has 0 atom stereocenters. The molecule has 0 amide bonds. The number of hydrogen-bond acceptors (Lipinski definition) is 2. The van der Waals surface area contributed by atoms with E-state index in [1.165, 1.54) is 0 Å². The molecule has 0 unspecified atom stereocenters. The van der Waals surface area contributed by atoms with Gasteiger partial charge in [0.1, 0.15) is 11.5 Å². The topological polar surface area (TPSA) is 18.5 Å². The number of rotatable bonds is 2. The summed E-state index contributed by atoms with van der Waals surface area (Å²) >= 11 is 0. The van der Waals surface area contributed by atoms with Gasteiger partial charge in [-0.3, -0.25) is 0 Å². The lowest BCUT2D eigenvalue weighted by Gasteiger charge is -2.14. The van der Waals surface area contributed by atoms with Crippen molar-refractivity contribution in [1.82, 2.24) is 0 Å². The smallest absolute Gasteiger partial charge is 0.128 e. The second-order valence-corrected chi connectivity index (χ2v) is 3.47. The molecule has 1 aromatic carbocycles. The van der Waals surface area contributed by atoms with Gasteiger partial charge in [-0.25, -0.2) is 0 Å². The molecule has 0 heterocycles. The first-order valence-corrected chi connectivity index (χ1v) is 4.55. The second kappa shape index (κ2) is 3.83. The normalized spacial score (nSPS) is 9.92. The van der Waals surface area contributed by atoms with E-state index in [4.69, 9.17) is 9.47 Å². The summed E-state index contributed by atoms with van der Waals surface area (Å²) in [7, 11) is 6.82. The zero-order valence-corrected chi connectivity index (χ0v) is 9.39. The first kappa shape index (κ1) is 10.1. The average molecular weight is 193 g/mol. The molecule has 3 heteroatoms. The van der Waals surface area contributed by atoms with E-state index in [2.05, 4.69) is 10.2 Å². The Morgan fingerprint density at radius 1 is 1.08 bits per heavy atom. The van der Waals surface area contributed by atoms with Gasteiger partial charge < -0.3 is 9.47 Å². The lowest BCUT2D eigenvalue weighted by Crippen LogP contribution is -2.11. The van der Waals surface area contributed by atoms with Crippen LogP contribution in [-0.2, 0) is 0 Å². The van der Waals surface area contributed by atoms with Crippen molar-refractivity contribution in [3.63, 3.8) is 0 Å². The zero-order chi connectivity index (χ0) is 10.0. The van der Waals surface area contributed by atoms with E-state index in [0.29, 0.717) is 0 Å². The molecule has 0 aromatic heterocycles. The van der Waals surface area contributed by atoms with E-state index < -0.39 is 0 Å². The first-order valence-electron chi connectivity index (χ1n) is 4.05. The summed E-state index contributed by atoms with van der Waals surface area (Å²) in [5.41, 5.74) is 2.13. The number of aryl methyl sites for hydroxylation is 1. The Morgan fingerprint density at radius 2 is 1.62 bits per heavy atom. The van der Waals surface area contributed by atoms with Crippen LogP contribution in [-0.4, -0.2) is 24.5 Å². The molecule has 1 aromatic rings. The van der Waals surface area contributed by atoms with Crippen LogP contribution in [0.5, 0.6) is 11.5 Å². The van der Waals surface area contributed by atoms with E-state index in [9.17, 15) is 0 Å². The summed E-state index contributed by atoms with van der Waals surface area (Å²) in [5.74, 6) is 1.72. The Morgan fingerprint density at radius 3 is 2.08 bits per heavy atom. The van der Waals surface area contributed by atoms with Crippen LogP contribution in [0.2, 0.25) is 0 Å². The Kier molecular flexibility index (Phi) is 2.98. The molecule has 0 aliphatic carbocycles. The molecule has 69 valence electrons. The van der Waals surface area contributed by atoms with Crippen LogP contribution in [0, 0.1) is 13.8 Å². The summed E-state index contributed by atoms with van der Waals surface area (Å²) in [4.78, 5) is 0. The Labute approximate surface area is 82.3 Å². The third-order valence-electron chi connectivity index (χ3n) is 2.05. The third-order valence-corrected chi connectivity index (χ3v) is 2.42. The van der Waals surface area contributed by atoms with Crippen LogP contribution in [0.15, 0.2) is 6.07 Å². The fourth-order valence-electron chi connectivity index (χ4n) is 1.53. The van der Waals surface area contributed by atoms with Gasteiger partial charge in [-0.2, -0.15) is 0 Å². The van der Waals surface area contributed by atoms with Gasteiger partial charge in [-0.15, -0.1) is 0 Å². The summed E-state index contributed by atoms with van der Waals surface area (Å²) in [6.45, 7) is 3.99. The highest BCUT2D eigenvalue weighted by Crippen LogP contribution is 2.28. The SMILES string of the molecule is COc1c(C)cc([Si])c(OC)c1C. The van der Waals surface area contributed by atoms with Gasteiger partial charge in [0.05, 0.1) is 24.5 Å². The van der Waals surface area contributed by atoms with Crippen molar-refractivity contribution in [2.75, 3.05) is 14.2 Å². The minimum Gasteiger partial charge on any atom is -0.496 e. The monoisotopic (exact) mass is 193 g/mol. The molecule has 2 nitrogen and oxygen atoms in total. The van der Waals surface area contributed by atoms with E-state index in [-0.39, 0.29) is 0 Å². The van der Waals surface area contributed by atoms with Gasteiger partial charge in [-0.1, -0.05) is 6.07 Å². The van der Waals surface area contributed by atoms with E-state index in [0.717, 1.165) is 27.8 Å². The van der Waals surface area contributed by atoms with Crippen LogP contribution in [0.25, 0.3) is 0 Å². The lowest BCUT2D eigenvalue weighted by atomic mass is 10.1. The number of ether oxygens (including phenoxy) is 2. The van der Waals surface area contributed by atoms with Crippen LogP contribution in [0.3, 0.4) is 0 Å². The van der Waals surface area contributed by atoms with E-state index in [1.54, 1.807) is 14.2 Å². The molecule has 0 saturated heterocycles. The van der Waals surface area contributed by atoms with Crippen molar-refractivity contribution in [2.45, 2.75) is 13.8 Å². The average Bonchev–Trinajstić information content (AvgIpc) is 2.04. The van der Waals surface area contributed by atoms with Gasteiger partial charge in [-0.05, 0) is 24.6 Å². The van der Waals surface area contributed by atoms with Gasteiger partial charge in [0.15, 0.2) is 0 Å². The number of methoxy groups -OCH3 is 2. The van der Waals surface area contributed by atoms with Crippen LogP contribution < -0.4 is 14.7 Å². The molecule has 13 heavy (non-hydrogen) atoms. The molecule has 1 rings (SSSR count). The third kappa shape index (κ3) is 1.70. The Bertz CT molecular complexity index is 293. The second-order valence-electron chi connectivity index (χ2n) is 2.93. The van der Waals surface area contributed by atoms with Gasteiger partial charge in [0.2, 0.25) is 0 Å². The van der Waals surface area contributed by atoms with E-state index in [1.807, 2.05) is 19.9 Å². The predicted molar refractivity (Wildman–Crippen MR) is 54.4 cm³/mol. The maximum atomic E-state index is 5.27. The molecule has 0 saturated carbocycles. The molecule has 0 spiro atoms. The lowest BCUT2D eigenvalue weighted by molar-refractivity contribution is 0.389. The van der Waals surface area contributed by atoms with Crippen molar-refractivity contribution in [1.29, 1.82) is 0 Å². The quantitative estimate of drug-likeness (QED) is 0.655. The van der Waals surface area contributed by atoms with Gasteiger partial charge in [0, 0.05) is 5.56 Å². The van der Waals surface area contributed by atoms with Gasteiger partial charge in [0.25, 0.3) is 0 Å². The maximum absolute atomic E-state index is 5.27. The van der Waals surface area contributed by atoms with Crippen LogP contribution in [0.1, 0.15) is 11.1 Å². The largest absolute Gasteiger partial charge is 0.496 e. The van der Waals surface area contributed by atoms with Crippen molar-refractivity contribution >= 4 is 15.4 Å². The highest BCUT2D eigenvalue weighted by Gasteiger charge is 2.10. The Balaban J connectivity index is 3.39. The molecular weight excluding hydrogens is 180 g/mol. The predicted octanol–water partition coefficient (Wildman–Crippen LogP) is 1.11. The zero-order valence-electron chi connectivity index (χ0n) is 8.39. The Hall–Kier alpha value is -0.963. The molecule has 0 fully saturated rings. The van der Waals surface area contributed by atoms with Crippen molar-refractivity contribution in [3.8, 4) is 11.5 Å². The molecular formula is C10H13O2Si.